The van der Waals surface area contributed by atoms with Crippen molar-refractivity contribution < 1.29 is 14.3 Å². The van der Waals surface area contributed by atoms with Gasteiger partial charge in [0.1, 0.15) is 11.4 Å². The summed E-state index contributed by atoms with van der Waals surface area (Å²) in [5, 5.41) is 2.83. The number of nitrogens with one attached hydrogen (secondary N) is 1. The van der Waals surface area contributed by atoms with Crippen LogP contribution in [0.3, 0.4) is 0 Å². The van der Waals surface area contributed by atoms with E-state index in [0.29, 0.717) is 12.8 Å². The summed E-state index contributed by atoms with van der Waals surface area (Å²) in [6.45, 7) is 7.49. The van der Waals surface area contributed by atoms with Crippen LogP contribution in [0.15, 0.2) is 0 Å². The quantitative estimate of drug-likeness (QED) is 0.747. The van der Waals surface area contributed by atoms with Crippen LogP contribution in [0.25, 0.3) is 0 Å². The van der Waals surface area contributed by atoms with E-state index in [1.54, 1.807) is 0 Å². The highest BCUT2D eigenvalue weighted by molar-refractivity contribution is 5.80. The average molecular weight is 227 g/mol. The summed E-state index contributed by atoms with van der Waals surface area (Å²) in [6.07, 6.45) is 1.45. The molecule has 1 aliphatic carbocycles. The van der Waals surface area contributed by atoms with Crippen LogP contribution in [0.2, 0.25) is 0 Å². The van der Waals surface area contributed by atoms with Crippen molar-refractivity contribution in [2.24, 2.45) is 5.92 Å². The van der Waals surface area contributed by atoms with Gasteiger partial charge in [-0.2, -0.15) is 0 Å². The second-order valence-electron chi connectivity index (χ2n) is 5.51. The van der Waals surface area contributed by atoms with Crippen molar-refractivity contribution in [1.82, 2.24) is 5.32 Å². The van der Waals surface area contributed by atoms with Crippen molar-refractivity contribution in [2.45, 2.75) is 58.6 Å². The van der Waals surface area contributed by atoms with E-state index in [1.165, 1.54) is 0 Å². The SMILES string of the molecule is CC1CC(=O)CCC1NC(=O)OC(C)(C)C. The zero-order valence-electron chi connectivity index (χ0n) is 10.5. The topological polar surface area (TPSA) is 55.4 Å². The van der Waals surface area contributed by atoms with Gasteiger partial charge < -0.3 is 10.1 Å². The fraction of sp³-hybridized carbons (Fsp3) is 0.833. The van der Waals surface area contributed by atoms with Crippen molar-refractivity contribution in [3.05, 3.63) is 0 Å². The van der Waals surface area contributed by atoms with Gasteiger partial charge in [-0.15, -0.1) is 0 Å². The lowest BCUT2D eigenvalue weighted by molar-refractivity contribution is -0.121. The highest BCUT2D eigenvalue weighted by atomic mass is 16.6. The molecule has 0 aromatic heterocycles. The van der Waals surface area contributed by atoms with Gasteiger partial charge in [-0.25, -0.2) is 4.79 Å². The van der Waals surface area contributed by atoms with Gasteiger partial charge in [0, 0.05) is 18.9 Å². The summed E-state index contributed by atoms with van der Waals surface area (Å²) in [5.41, 5.74) is -0.474. The first-order chi connectivity index (χ1) is 7.28. The Kier molecular flexibility index (Phi) is 3.94. The molecule has 0 aliphatic heterocycles. The van der Waals surface area contributed by atoms with E-state index >= 15 is 0 Å². The molecule has 92 valence electrons. The monoisotopic (exact) mass is 227 g/mol. The maximum absolute atomic E-state index is 11.5. The Balaban J connectivity index is 2.42. The van der Waals surface area contributed by atoms with Crippen LogP contribution in [0.1, 0.15) is 47.0 Å². The third kappa shape index (κ3) is 4.21. The number of alkyl carbamates (subject to hydrolysis) is 1. The van der Waals surface area contributed by atoms with E-state index < -0.39 is 11.7 Å². The van der Waals surface area contributed by atoms with E-state index in [4.69, 9.17) is 4.74 Å². The Morgan fingerprint density at radius 3 is 2.56 bits per heavy atom. The lowest BCUT2D eigenvalue weighted by atomic mass is 9.85. The van der Waals surface area contributed by atoms with E-state index in [9.17, 15) is 9.59 Å². The molecule has 1 rings (SSSR count). The Morgan fingerprint density at radius 1 is 1.44 bits per heavy atom. The van der Waals surface area contributed by atoms with Gasteiger partial charge in [0.15, 0.2) is 0 Å². The number of Topliss-reactive ketones (excluding diaryl/α,β-unsaturated/α-hetero) is 1. The summed E-state index contributed by atoms with van der Waals surface area (Å²) in [7, 11) is 0. The molecule has 1 aliphatic rings. The van der Waals surface area contributed by atoms with Crippen LogP contribution in [0.5, 0.6) is 0 Å². The summed E-state index contributed by atoms with van der Waals surface area (Å²) >= 11 is 0. The first-order valence-electron chi connectivity index (χ1n) is 5.79. The molecule has 4 nitrogen and oxygen atoms in total. The Bertz CT molecular complexity index is 280. The molecule has 2 atom stereocenters. The molecule has 1 fully saturated rings. The normalized spacial score (nSPS) is 26.4. The summed E-state index contributed by atoms with van der Waals surface area (Å²) < 4.78 is 5.18. The number of rotatable bonds is 1. The van der Waals surface area contributed by atoms with E-state index in [0.717, 1.165) is 6.42 Å². The second-order valence-corrected chi connectivity index (χ2v) is 5.51. The molecule has 1 amide bonds. The molecule has 0 radical (unpaired) electrons. The molecular formula is C12H21NO3. The highest BCUT2D eigenvalue weighted by Gasteiger charge is 2.28. The van der Waals surface area contributed by atoms with Gasteiger partial charge in [0.05, 0.1) is 0 Å². The summed E-state index contributed by atoms with van der Waals surface area (Å²) in [6, 6.07) is 0.0625. The minimum Gasteiger partial charge on any atom is -0.444 e. The molecule has 16 heavy (non-hydrogen) atoms. The maximum Gasteiger partial charge on any atom is 0.407 e. The smallest absolute Gasteiger partial charge is 0.407 e. The second kappa shape index (κ2) is 4.85. The van der Waals surface area contributed by atoms with Crippen molar-refractivity contribution in [3.63, 3.8) is 0 Å². The van der Waals surface area contributed by atoms with Gasteiger partial charge in [-0.05, 0) is 33.1 Å². The molecule has 0 bridgehead atoms. The average Bonchev–Trinajstić information content (AvgIpc) is 2.06. The van der Waals surface area contributed by atoms with Crippen molar-refractivity contribution >= 4 is 11.9 Å². The van der Waals surface area contributed by atoms with Gasteiger partial charge in [-0.1, -0.05) is 6.92 Å². The Morgan fingerprint density at radius 2 is 2.06 bits per heavy atom. The minimum atomic E-state index is -0.474. The van der Waals surface area contributed by atoms with Gasteiger partial charge in [0.25, 0.3) is 0 Å². The summed E-state index contributed by atoms with van der Waals surface area (Å²) in [5.74, 6) is 0.489. The van der Waals surface area contributed by atoms with Crippen LogP contribution >= 0.6 is 0 Å². The highest BCUT2D eigenvalue weighted by Crippen LogP contribution is 2.21. The fourth-order valence-corrected chi connectivity index (χ4v) is 1.88. The zero-order chi connectivity index (χ0) is 12.3. The first kappa shape index (κ1) is 13.0. The molecule has 1 N–H and O–H groups in total. The number of hydrogen-bond donors (Lipinski definition) is 1. The molecule has 2 unspecified atom stereocenters. The van der Waals surface area contributed by atoms with E-state index in [2.05, 4.69) is 5.32 Å². The predicted molar refractivity (Wildman–Crippen MR) is 61.2 cm³/mol. The molecule has 0 heterocycles. The van der Waals surface area contributed by atoms with E-state index in [-0.39, 0.29) is 17.7 Å². The van der Waals surface area contributed by atoms with Gasteiger partial charge >= 0.3 is 6.09 Å². The lowest BCUT2D eigenvalue weighted by Gasteiger charge is -2.30. The number of carbonyl (C=O) groups excluding carboxylic acids is 2. The number of hydrogen-bond acceptors (Lipinski definition) is 3. The maximum atomic E-state index is 11.5. The van der Waals surface area contributed by atoms with Crippen LogP contribution in [0.4, 0.5) is 4.79 Å². The van der Waals surface area contributed by atoms with Crippen LogP contribution < -0.4 is 5.32 Å². The Labute approximate surface area is 96.7 Å². The molecule has 1 saturated carbocycles. The summed E-state index contributed by atoms with van der Waals surface area (Å²) in [4.78, 5) is 22.7. The third-order valence-corrected chi connectivity index (χ3v) is 2.67. The number of ketones is 1. The fourth-order valence-electron chi connectivity index (χ4n) is 1.88. The Hall–Kier alpha value is -1.06. The standard InChI is InChI=1S/C12H21NO3/c1-8-7-9(14)5-6-10(8)13-11(15)16-12(2,3)4/h8,10H,5-7H2,1-4H3,(H,13,15). The molecule has 0 saturated heterocycles. The molecule has 4 heteroatoms. The number of amides is 1. The van der Waals surface area contributed by atoms with Gasteiger partial charge in [0.2, 0.25) is 0 Å². The van der Waals surface area contributed by atoms with Crippen molar-refractivity contribution in [1.29, 1.82) is 0 Å². The van der Waals surface area contributed by atoms with Crippen LogP contribution in [-0.4, -0.2) is 23.5 Å². The largest absolute Gasteiger partial charge is 0.444 e. The molecule has 0 aromatic rings. The lowest BCUT2D eigenvalue weighted by Crippen LogP contribution is -2.44. The molecule has 0 spiro atoms. The van der Waals surface area contributed by atoms with Crippen LogP contribution in [0, 0.1) is 5.92 Å². The minimum absolute atomic E-state index is 0.0625. The van der Waals surface area contributed by atoms with Crippen molar-refractivity contribution in [3.8, 4) is 0 Å². The number of ether oxygens (including phenoxy) is 1. The van der Waals surface area contributed by atoms with E-state index in [1.807, 2.05) is 27.7 Å². The predicted octanol–water partition coefficient (Wildman–Crippen LogP) is 2.27. The van der Waals surface area contributed by atoms with Crippen LogP contribution in [-0.2, 0) is 9.53 Å². The molecular weight excluding hydrogens is 206 g/mol. The molecule has 0 aromatic carbocycles. The van der Waals surface area contributed by atoms with Crippen molar-refractivity contribution in [2.75, 3.05) is 0 Å². The zero-order valence-corrected chi connectivity index (χ0v) is 10.5. The number of carbonyl (C=O) groups is 2. The first-order valence-corrected chi connectivity index (χ1v) is 5.79. The van der Waals surface area contributed by atoms with Gasteiger partial charge in [-0.3, -0.25) is 4.79 Å². The third-order valence-electron chi connectivity index (χ3n) is 2.67.